The van der Waals surface area contributed by atoms with Crippen LogP contribution in [0.3, 0.4) is 0 Å². The third-order valence-corrected chi connectivity index (χ3v) is 12.7. The largest absolute Gasteiger partial charge is 0.416 e. The molecule has 4 fully saturated rings. The fraction of sp³-hybridized carbons (Fsp3) is 0.439. The van der Waals surface area contributed by atoms with Crippen molar-refractivity contribution in [1.29, 1.82) is 0 Å². The summed E-state index contributed by atoms with van der Waals surface area (Å²) < 4.78 is 43.5. The smallest absolute Gasteiger partial charge is 0.369 e. The number of halogens is 3. The van der Waals surface area contributed by atoms with E-state index in [1.807, 2.05) is 12.3 Å². The van der Waals surface area contributed by atoms with Crippen molar-refractivity contribution in [1.82, 2.24) is 34.7 Å². The van der Waals surface area contributed by atoms with Gasteiger partial charge in [0.05, 0.1) is 39.9 Å². The van der Waals surface area contributed by atoms with Gasteiger partial charge in [-0.15, -0.1) is 0 Å². The normalized spacial score (nSPS) is 23.6. The number of carbonyl (C=O) groups is 5. The van der Waals surface area contributed by atoms with E-state index in [2.05, 4.69) is 35.5 Å². The van der Waals surface area contributed by atoms with Crippen LogP contribution in [0.15, 0.2) is 67.3 Å². The zero-order chi connectivity index (χ0) is 41.4. The van der Waals surface area contributed by atoms with Gasteiger partial charge in [0.2, 0.25) is 11.8 Å². The van der Waals surface area contributed by atoms with E-state index >= 15 is 0 Å². The van der Waals surface area contributed by atoms with Gasteiger partial charge in [0.25, 0.3) is 17.7 Å². The van der Waals surface area contributed by atoms with Crippen molar-refractivity contribution in [3.63, 3.8) is 0 Å². The molecule has 3 saturated heterocycles. The predicted octanol–water partition coefficient (Wildman–Crippen LogP) is 3.90. The lowest BCUT2D eigenvalue weighted by molar-refractivity contribution is -0.138. The van der Waals surface area contributed by atoms with Crippen LogP contribution in [-0.2, 0) is 26.1 Å². The second-order valence-electron chi connectivity index (χ2n) is 16.6. The Balaban J connectivity index is 0.787. The maximum Gasteiger partial charge on any atom is 0.416 e. The molecule has 59 heavy (non-hydrogen) atoms. The number of anilines is 3. The van der Waals surface area contributed by atoms with Gasteiger partial charge >= 0.3 is 6.18 Å². The molecule has 308 valence electrons. The van der Waals surface area contributed by atoms with Gasteiger partial charge in [-0.2, -0.15) is 23.4 Å². The van der Waals surface area contributed by atoms with E-state index in [1.54, 1.807) is 42.9 Å². The summed E-state index contributed by atoms with van der Waals surface area (Å²) in [5.74, 6) is -1.46. The van der Waals surface area contributed by atoms with Crippen molar-refractivity contribution in [2.75, 3.05) is 54.4 Å². The Bertz CT molecular complexity index is 2350. The van der Waals surface area contributed by atoms with E-state index in [-0.39, 0.29) is 35.3 Å². The number of alkyl halides is 3. The predicted molar refractivity (Wildman–Crippen MR) is 208 cm³/mol. The average Bonchev–Trinajstić information content (AvgIpc) is 4.06. The maximum absolute atomic E-state index is 13.7. The molecule has 5 aliphatic rings. The molecule has 4 aromatic rings. The number of nitrogens with zero attached hydrogens (tertiary/aromatic N) is 8. The Morgan fingerprint density at radius 1 is 0.932 bits per heavy atom. The van der Waals surface area contributed by atoms with Crippen LogP contribution in [0.5, 0.6) is 0 Å². The van der Waals surface area contributed by atoms with Crippen LogP contribution in [0.1, 0.15) is 65.8 Å². The minimum absolute atomic E-state index is 0.0718. The van der Waals surface area contributed by atoms with Gasteiger partial charge in [-0.1, -0.05) is 0 Å². The molecule has 1 aliphatic carbocycles. The van der Waals surface area contributed by atoms with Crippen LogP contribution in [0.2, 0.25) is 0 Å². The molecule has 2 N–H and O–H groups in total. The summed E-state index contributed by atoms with van der Waals surface area (Å²) in [7, 11) is 0. The first-order valence-corrected chi connectivity index (χ1v) is 19.8. The highest BCUT2D eigenvalue weighted by Gasteiger charge is 2.47. The number of rotatable bonds is 9. The van der Waals surface area contributed by atoms with Crippen LogP contribution in [0.25, 0.3) is 5.69 Å². The highest BCUT2D eigenvalue weighted by atomic mass is 19.4. The molecule has 0 spiro atoms. The van der Waals surface area contributed by atoms with Crippen molar-refractivity contribution in [3.8, 4) is 5.69 Å². The summed E-state index contributed by atoms with van der Waals surface area (Å²) in [4.78, 5) is 72.3. The molecular formula is C41H43F3N10O5. The van der Waals surface area contributed by atoms with Crippen LogP contribution in [0, 0.1) is 11.8 Å². The Morgan fingerprint density at radius 2 is 1.71 bits per heavy atom. The molecule has 5 amide bonds. The number of nitrogens with one attached hydrogen (secondary N) is 2. The van der Waals surface area contributed by atoms with E-state index in [0.29, 0.717) is 17.9 Å². The van der Waals surface area contributed by atoms with Gasteiger partial charge in [-0.3, -0.25) is 43.8 Å². The fourth-order valence-electron chi connectivity index (χ4n) is 9.34. The number of fused-ring (bicyclic) bond motifs is 3. The first kappa shape index (κ1) is 38.5. The van der Waals surface area contributed by atoms with E-state index < -0.39 is 52.9 Å². The van der Waals surface area contributed by atoms with E-state index in [4.69, 9.17) is 0 Å². The fourth-order valence-corrected chi connectivity index (χ4v) is 9.34. The van der Waals surface area contributed by atoms with Crippen LogP contribution >= 0.6 is 0 Å². The monoisotopic (exact) mass is 812 g/mol. The molecule has 4 atom stereocenters. The molecule has 1 saturated carbocycles. The molecule has 2 aromatic heterocycles. The van der Waals surface area contributed by atoms with Crippen molar-refractivity contribution >= 4 is 46.6 Å². The molecular weight excluding hydrogens is 770 g/mol. The lowest BCUT2D eigenvalue weighted by Gasteiger charge is -2.39. The molecule has 0 radical (unpaired) electrons. The number of benzene rings is 2. The SMILES string of the molecule is CC(C)(C(=O)Nc1ccc(C(F)(F)F)cc1-n1cccn1)n1cc(N2CC3CC2CC3CN2CCN(c3ccc4c(c3)C(=O)N(C3CCC(=O)NC3=O)C4=O)CC2)cn1. The Kier molecular flexibility index (Phi) is 9.36. The Morgan fingerprint density at radius 3 is 2.41 bits per heavy atom. The highest BCUT2D eigenvalue weighted by Crippen LogP contribution is 2.45. The lowest BCUT2D eigenvalue weighted by Crippen LogP contribution is -2.54. The van der Waals surface area contributed by atoms with Crippen LogP contribution < -0.4 is 20.4 Å². The first-order chi connectivity index (χ1) is 28.2. The van der Waals surface area contributed by atoms with Gasteiger partial charge in [-0.25, -0.2) is 4.68 Å². The van der Waals surface area contributed by atoms with Gasteiger partial charge in [0.15, 0.2) is 0 Å². The van der Waals surface area contributed by atoms with E-state index in [1.165, 1.54) is 23.1 Å². The molecule has 4 unspecified atom stereocenters. The number of piperidine rings is 2. The summed E-state index contributed by atoms with van der Waals surface area (Å²) >= 11 is 0. The third-order valence-electron chi connectivity index (χ3n) is 12.7. The summed E-state index contributed by atoms with van der Waals surface area (Å²) in [5.41, 5.74) is 0.584. The quantitative estimate of drug-likeness (QED) is 0.238. The topological polar surface area (TPSA) is 158 Å². The summed E-state index contributed by atoms with van der Waals surface area (Å²) in [6, 6.07) is 9.33. The molecule has 4 aliphatic heterocycles. The molecule has 15 nitrogen and oxygen atoms in total. The molecule has 6 heterocycles. The lowest BCUT2D eigenvalue weighted by atomic mass is 9.93. The van der Waals surface area contributed by atoms with Crippen molar-refractivity contribution in [2.45, 2.75) is 63.3 Å². The summed E-state index contributed by atoms with van der Waals surface area (Å²) in [6.45, 7) is 8.51. The molecule has 9 rings (SSSR count). The number of hydrogen-bond donors (Lipinski definition) is 2. The number of piperazine rings is 1. The second-order valence-corrected chi connectivity index (χ2v) is 16.6. The molecule has 2 bridgehead atoms. The minimum atomic E-state index is -4.56. The average molecular weight is 813 g/mol. The number of amides is 5. The van der Waals surface area contributed by atoms with Gasteiger partial charge in [0.1, 0.15) is 11.6 Å². The second kappa shape index (κ2) is 14.4. The first-order valence-electron chi connectivity index (χ1n) is 19.8. The molecule has 2 aromatic carbocycles. The number of hydrogen-bond acceptors (Lipinski definition) is 10. The number of carbonyl (C=O) groups excluding carboxylic acids is 5. The standard InChI is InChI=1S/C41H43F3N10O5/c1-40(2,39(59)47-32-7-4-26(41(42,43)44)18-34(32)52-11-3-10-45-52)53-23-29(20-46-53)51-22-25-17-28(51)16-24(25)21-49-12-14-50(15-13-49)27-5-6-30-31(19-27)38(58)54(37(30)57)33-8-9-35(55)48-36(33)56/h3-7,10-11,18-20,23-25,28,33H,8-9,12-17,21-22H2,1-2H3,(H,47,59)(H,48,55,56). The number of aromatic nitrogens is 4. The summed E-state index contributed by atoms with van der Waals surface area (Å²) in [6.07, 6.45) is 4.33. The van der Waals surface area contributed by atoms with Crippen molar-refractivity contribution < 1.29 is 37.1 Å². The zero-order valence-electron chi connectivity index (χ0n) is 32.5. The van der Waals surface area contributed by atoms with E-state index in [0.717, 1.165) is 80.5 Å². The van der Waals surface area contributed by atoms with Crippen molar-refractivity contribution in [2.24, 2.45) is 11.8 Å². The van der Waals surface area contributed by atoms with Crippen LogP contribution in [0.4, 0.5) is 30.2 Å². The highest BCUT2D eigenvalue weighted by molar-refractivity contribution is 6.23. The van der Waals surface area contributed by atoms with Gasteiger partial charge in [0, 0.05) is 76.0 Å². The Labute approximate surface area is 337 Å². The van der Waals surface area contributed by atoms with Gasteiger partial charge in [-0.05, 0) is 87.4 Å². The van der Waals surface area contributed by atoms with Crippen LogP contribution in [-0.4, -0.2) is 110 Å². The molecule has 18 heteroatoms. The zero-order valence-corrected chi connectivity index (χ0v) is 32.5. The van der Waals surface area contributed by atoms with Gasteiger partial charge < -0.3 is 15.1 Å². The Hall–Kier alpha value is -6.04. The maximum atomic E-state index is 13.7. The summed E-state index contributed by atoms with van der Waals surface area (Å²) in [5, 5.41) is 13.7. The third kappa shape index (κ3) is 6.91. The van der Waals surface area contributed by atoms with Crippen molar-refractivity contribution in [3.05, 3.63) is 83.9 Å². The minimum Gasteiger partial charge on any atom is -0.369 e. The number of imide groups is 2. The van der Waals surface area contributed by atoms with E-state index in [9.17, 15) is 37.1 Å².